The summed E-state index contributed by atoms with van der Waals surface area (Å²) in [5.41, 5.74) is 0. The number of hydrogen-bond acceptors (Lipinski definition) is 8. The smallest absolute Gasteiger partial charge is 0.288 e. The lowest BCUT2D eigenvalue weighted by atomic mass is 10.2. The van der Waals surface area contributed by atoms with Crippen LogP contribution in [0.25, 0.3) is 0 Å². The van der Waals surface area contributed by atoms with Crippen molar-refractivity contribution in [2.24, 2.45) is 0 Å². The van der Waals surface area contributed by atoms with E-state index < -0.39 is 0 Å². The van der Waals surface area contributed by atoms with Gasteiger partial charge in [0.15, 0.2) is 4.34 Å². The SMILES string of the molecule is Cc1nnc(SCC(=O)Nc2c[n+](N3CCCCC3)no2)s1. The summed E-state index contributed by atoms with van der Waals surface area (Å²) in [6.45, 7) is 3.79. The largest absolute Gasteiger partial charge is 0.305 e. The van der Waals surface area contributed by atoms with Gasteiger partial charge in [-0.3, -0.25) is 14.6 Å². The molecule has 2 aromatic rings. The molecule has 1 aliphatic rings. The molecule has 2 aromatic heterocycles. The van der Waals surface area contributed by atoms with Crippen LogP contribution < -0.4 is 15.1 Å². The maximum atomic E-state index is 11.9. The van der Waals surface area contributed by atoms with Crippen molar-refractivity contribution in [3.63, 3.8) is 0 Å². The van der Waals surface area contributed by atoms with E-state index in [1.165, 1.54) is 29.5 Å². The second kappa shape index (κ2) is 7.05. The Morgan fingerprint density at radius 2 is 2.27 bits per heavy atom. The van der Waals surface area contributed by atoms with Gasteiger partial charge in [-0.25, -0.2) is 0 Å². The van der Waals surface area contributed by atoms with Gasteiger partial charge in [0, 0.05) is 0 Å². The van der Waals surface area contributed by atoms with Crippen LogP contribution >= 0.6 is 23.1 Å². The average molecular weight is 341 g/mol. The third-order valence-corrected chi connectivity index (χ3v) is 5.15. The monoisotopic (exact) mass is 341 g/mol. The summed E-state index contributed by atoms with van der Waals surface area (Å²) in [4.78, 5) is 13.6. The minimum Gasteiger partial charge on any atom is -0.288 e. The molecule has 0 aromatic carbocycles. The molecule has 0 unspecified atom stereocenters. The highest BCUT2D eigenvalue weighted by molar-refractivity contribution is 8.01. The number of nitrogens with one attached hydrogen (secondary N) is 1. The Morgan fingerprint density at radius 1 is 1.45 bits per heavy atom. The summed E-state index contributed by atoms with van der Waals surface area (Å²) in [6.07, 6.45) is 5.25. The molecule has 0 atom stereocenters. The van der Waals surface area contributed by atoms with Gasteiger partial charge in [0.05, 0.1) is 23.6 Å². The number of aryl methyl sites for hydroxylation is 1. The first-order valence-electron chi connectivity index (χ1n) is 7.07. The number of amides is 1. The molecular formula is C12H17N6O2S2+. The van der Waals surface area contributed by atoms with E-state index in [0.717, 1.165) is 35.3 Å². The first-order chi connectivity index (χ1) is 10.7. The number of nitrogens with zero attached hydrogens (tertiary/aromatic N) is 5. The van der Waals surface area contributed by atoms with Crippen LogP contribution in [0.5, 0.6) is 0 Å². The van der Waals surface area contributed by atoms with E-state index in [-0.39, 0.29) is 11.7 Å². The highest BCUT2D eigenvalue weighted by Crippen LogP contribution is 2.21. The van der Waals surface area contributed by atoms with Crippen LogP contribution in [0.3, 0.4) is 0 Å². The second-order valence-electron chi connectivity index (χ2n) is 4.92. The number of carbonyl (C=O) groups is 1. The Bertz CT molecular complexity index is 637. The van der Waals surface area contributed by atoms with Crippen LogP contribution in [0.4, 0.5) is 5.88 Å². The zero-order chi connectivity index (χ0) is 15.4. The number of rotatable bonds is 5. The molecule has 0 radical (unpaired) electrons. The Hall–Kier alpha value is -1.68. The van der Waals surface area contributed by atoms with Crippen LogP contribution in [0.1, 0.15) is 24.3 Å². The molecule has 0 saturated carbocycles. The van der Waals surface area contributed by atoms with E-state index in [4.69, 9.17) is 4.52 Å². The van der Waals surface area contributed by atoms with E-state index in [1.54, 1.807) is 11.0 Å². The second-order valence-corrected chi connectivity index (χ2v) is 7.33. The molecule has 118 valence electrons. The highest BCUT2D eigenvalue weighted by Gasteiger charge is 2.23. The summed E-state index contributed by atoms with van der Waals surface area (Å²) < 4.78 is 5.94. The maximum Gasteiger partial charge on any atom is 0.305 e. The van der Waals surface area contributed by atoms with Crippen molar-refractivity contribution in [1.29, 1.82) is 0 Å². The van der Waals surface area contributed by atoms with Crippen LogP contribution in [0, 0.1) is 6.92 Å². The van der Waals surface area contributed by atoms with Gasteiger partial charge >= 0.3 is 5.88 Å². The third kappa shape index (κ3) is 3.95. The van der Waals surface area contributed by atoms with Gasteiger partial charge < -0.3 is 0 Å². The Balaban J connectivity index is 1.50. The van der Waals surface area contributed by atoms with Crippen molar-refractivity contribution in [2.75, 3.05) is 29.2 Å². The van der Waals surface area contributed by atoms with Gasteiger partial charge in [-0.1, -0.05) is 23.1 Å². The lowest BCUT2D eigenvalue weighted by Crippen LogP contribution is -2.60. The average Bonchev–Trinajstić information content (AvgIpc) is 3.15. The molecule has 0 spiro atoms. The van der Waals surface area contributed by atoms with Gasteiger partial charge in [-0.2, -0.15) is 5.01 Å². The highest BCUT2D eigenvalue weighted by atomic mass is 32.2. The van der Waals surface area contributed by atoms with Gasteiger partial charge in [0.1, 0.15) is 5.01 Å². The number of piperidine rings is 1. The molecule has 8 nitrogen and oxygen atoms in total. The van der Waals surface area contributed by atoms with Gasteiger partial charge in [0.2, 0.25) is 11.2 Å². The van der Waals surface area contributed by atoms with E-state index in [2.05, 4.69) is 25.8 Å². The lowest BCUT2D eigenvalue weighted by molar-refractivity contribution is -0.759. The van der Waals surface area contributed by atoms with Crippen molar-refractivity contribution < 1.29 is 14.1 Å². The van der Waals surface area contributed by atoms with E-state index in [9.17, 15) is 4.79 Å². The van der Waals surface area contributed by atoms with E-state index in [0.29, 0.717) is 5.88 Å². The Kier molecular flexibility index (Phi) is 4.88. The zero-order valence-corrected chi connectivity index (χ0v) is 13.8. The molecule has 1 saturated heterocycles. The maximum absolute atomic E-state index is 11.9. The van der Waals surface area contributed by atoms with Gasteiger partial charge in [-0.05, 0) is 26.2 Å². The molecule has 3 heterocycles. The molecule has 22 heavy (non-hydrogen) atoms. The summed E-state index contributed by atoms with van der Waals surface area (Å²) >= 11 is 2.83. The molecule has 1 fully saturated rings. The number of aromatic nitrogens is 4. The van der Waals surface area contributed by atoms with Crippen molar-refractivity contribution in [2.45, 2.75) is 30.5 Å². The van der Waals surface area contributed by atoms with Crippen molar-refractivity contribution >= 4 is 34.9 Å². The summed E-state index contributed by atoms with van der Waals surface area (Å²) in [6, 6.07) is 0. The van der Waals surface area contributed by atoms with Gasteiger partial charge in [-0.15, -0.1) is 10.2 Å². The molecule has 1 N–H and O–H groups in total. The summed E-state index contributed by atoms with van der Waals surface area (Å²) in [5, 5.41) is 17.5. The van der Waals surface area contributed by atoms with Crippen LogP contribution in [0.15, 0.2) is 15.1 Å². The lowest BCUT2D eigenvalue weighted by Gasteiger charge is -2.17. The first-order valence-corrected chi connectivity index (χ1v) is 8.87. The zero-order valence-electron chi connectivity index (χ0n) is 12.2. The third-order valence-electron chi connectivity index (χ3n) is 3.17. The molecular weight excluding hydrogens is 324 g/mol. The number of anilines is 1. The van der Waals surface area contributed by atoms with Crippen molar-refractivity contribution in [3.05, 3.63) is 11.2 Å². The molecule has 0 bridgehead atoms. The molecule has 0 aliphatic carbocycles. The normalized spacial score (nSPS) is 15.0. The van der Waals surface area contributed by atoms with Crippen LogP contribution in [-0.2, 0) is 4.79 Å². The predicted octanol–water partition coefficient (Wildman–Crippen LogP) is 0.975. The van der Waals surface area contributed by atoms with Gasteiger partial charge in [0.25, 0.3) is 6.20 Å². The quantitative estimate of drug-likeness (QED) is 0.640. The first kappa shape index (κ1) is 15.2. The standard InChI is InChI=1S/C12H16N6O2S2/c1-9-14-15-12(22-9)21-8-10(19)13-11-7-18(16-20-11)17-5-3-2-4-6-17/h7H,2-6,8H2,1H3/p+1. The minimum absolute atomic E-state index is 0.153. The topological polar surface area (TPSA) is 88.0 Å². The number of thioether (sulfide) groups is 1. The molecule has 1 aliphatic heterocycles. The Labute approximate surface area is 135 Å². The predicted molar refractivity (Wildman–Crippen MR) is 82.5 cm³/mol. The van der Waals surface area contributed by atoms with Crippen LogP contribution in [0.2, 0.25) is 0 Å². The summed E-state index contributed by atoms with van der Waals surface area (Å²) in [7, 11) is 0. The number of carbonyl (C=O) groups excluding carboxylic acids is 1. The molecule has 3 rings (SSSR count). The fourth-order valence-electron chi connectivity index (χ4n) is 2.15. The minimum atomic E-state index is -0.153. The van der Waals surface area contributed by atoms with E-state index >= 15 is 0 Å². The Morgan fingerprint density at radius 3 is 3.00 bits per heavy atom. The fourth-order valence-corrected chi connectivity index (χ4v) is 3.76. The van der Waals surface area contributed by atoms with E-state index in [1.807, 2.05) is 6.92 Å². The molecule has 1 amide bonds. The summed E-state index contributed by atoms with van der Waals surface area (Å²) in [5.74, 6) is 0.461. The van der Waals surface area contributed by atoms with Crippen molar-refractivity contribution in [1.82, 2.24) is 15.5 Å². The van der Waals surface area contributed by atoms with Crippen LogP contribution in [-0.4, -0.2) is 40.2 Å². The molecule has 10 heteroatoms. The number of hydrogen-bond donors (Lipinski definition) is 1. The van der Waals surface area contributed by atoms with Crippen molar-refractivity contribution in [3.8, 4) is 0 Å². The fraction of sp³-hybridized carbons (Fsp3) is 0.583.